The van der Waals surface area contributed by atoms with Crippen LogP contribution in [0.3, 0.4) is 0 Å². The molecule has 1 aliphatic heterocycles. The van der Waals surface area contributed by atoms with Gasteiger partial charge in [-0.15, -0.1) is 0 Å². The summed E-state index contributed by atoms with van der Waals surface area (Å²) in [6, 6.07) is 4.60. The molecule has 1 saturated heterocycles. The standard InChI is InChI=1S/C24H28F5N3O4/c1-12-18(14-6-7-15(25)19(26)20(14)35-5)21(36-23(12,2)24(27,28)29)22(33)32-13-8-9-31-16(10-13)17(30-3)11-34-4/h6-10,12,17-18,21,30H,11H2,1-5H3,(H,31,32,33)/t12-,17-,18-,21+,23+/m0/s1. The molecule has 2 heterocycles. The number of carbonyl (C=O) groups excluding carboxylic acids is 1. The first-order valence-corrected chi connectivity index (χ1v) is 11.1. The molecular weight excluding hydrogens is 489 g/mol. The van der Waals surface area contributed by atoms with E-state index in [1.54, 1.807) is 13.1 Å². The summed E-state index contributed by atoms with van der Waals surface area (Å²) in [7, 11) is 4.28. The highest BCUT2D eigenvalue weighted by atomic mass is 19.4. The molecule has 0 bridgehead atoms. The van der Waals surface area contributed by atoms with E-state index in [4.69, 9.17) is 14.2 Å². The van der Waals surface area contributed by atoms with Gasteiger partial charge < -0.3 is 24.8 Å². The summed E-state index contributed by atoms with van der Waals surface area (Å²) in [5.74, 6) is -6.73. The third kappa shape index (κ3) is 5.02. The van der Waals surface area contributed by atoms with Crippen LogP contribution in [0, 0.1) is 17.6 Å². The fourth-order valence-electron chi connectivity index (χ4n) is 4.45. The second-order valence-corrected chi connectivity index (χ2v) is 8.70. The molecule has 1 amide bonds. The molecule has 0 unspecified atom stereocenters. The molecule has 2 aromatic rings. The lowest BCUT2D eigenvalue weighted by Gasteiger charge is -2.32. The quantitative estimate of drug-likeness (QED) is 0.507. The number of carbonyl (C=O) groups is 1. The molecule has 12 heteroatoms. The topological polar surface area (TPSA) is 81.7 Å². The Bertz CT molecular complexity index is 1100. The molecule has 5 atom stereocenters. The summed E-state index contributed by atoms with van der Waals surface area (Å²) < 4.78 is 86.0. The molecule has 3 rings (SSSR count). The van der Waals surface area contributed by atoms with Crippen molar-refractivity contribution in [2.45, 2.75) is 43.7 Å². The van der Waals surface area contributed by atoms with Crippen molar-refractivity contribution in [2.24, 2.45) is 5.92 Å². The Morgan fingerprint density at radius 2 is 1.94 bits per heavy atom. The van der Waals surface area contributed by atoms with E-state index in [1.807, 2.05) is 0 Å². The van der Waals surface area contributed by atoms with Crippen molar-refractivity contribution >= 4 is 11.6 Å². The van der Waals surface area contributed by atoms with Crippen LogP contribution in [0.15, 0.2) is 30.5 Å². The summed E-state index contributed by atoms with van der Waals surface area (Å²) >= 11 is 0. The number of methoxy groups -OCH3 is 2. The summed E-state index contributed by atoms with van der Waals surface area (Å²) in [5, 5.41) is 5.58. The lowest BCUT2D eigenvalue weighted by atomic mass is 9.77. The van der Waals surface area contributed by atoms with Gasteiger partial charge in [0.25, 0.3) is 5.91 Å². The Hall–Kier alpha value is -2.83. The van der Waals surface area contributed by atoms with Crippen molar-refractivity contribution < 1.29 is 41.0 Å². The average Bonchev–Trinajstić information content (AvgIpc) is 3.11. The van der Waals surface area contributed by atoms with E-state index in [0.29, 0.717) is 5.69 Å². The van der Waals surface area contributed by atoms with Crippen LogP contribution in [0.1, 0.15) is 37.1 Å². The van der Waals surface area contributed by atoms with Crippen LogP contribution in [0.5, 0.6) is 5.75 Å². The number of anilines is 1. The monoisotopic (exact) mass is 517 g/mol. The van der Waals surface area contributed by atoms with Gasteiger partial charge in [0.05, 0.1) is 25.5 Å². The maximum atomic E-state index is 14.5. The van der Waals surface area contributed by atoms with Gasteiger partial charge in [0.15, 0.2) is 17.2 Å². The van der Waals surface area contributed by atoms with Crippen molar-refractivity contribution in [3.8, 4) is 5.75 Å². The molecule has 0 radical (unpaired) electrons. The number of ether oxygens (including phenoxy) is 3. The number of likely N-dealkylation sites (N-methyl/N-ethyl adjacent to an activating group) is 1. The molecule has 0 saturated carbocycles. The van der Waals surface area contributed by atoms with Crippen LogP contribution in [0.4, 0.5) is 27.6 Å². The molecule has 2 N–H and O–H groups in total. The first kappa shape index (κ1) is 27.8. The van der Waals surface area contributed by atoms with Crippen LogP contribution >= 0.6 is 0 Å². The van der Waals surface area contributed by atoms with Gasteiger partial charge in [-0.05, 0) is 32.2 Å². The number of alkyl halides is 3. The van der Waals surface area contributed by atoms with Crippen molar-refractivity contribution in [1.82, 2.24) is 10.3 Å². The Balaban J connectivity index is 2.02. The number of rotatable bonds is 8. The lowest BCUT2D eigenvalue weighted by Crippen LogP contribution is -2.47. The van der Waals surface area contributed by atoms with Crippen molar-refractivity contribution in [2.75, 3.05) is 33.2 Å². The van der Waals surface area contributed by atoms with E-state index in [2.05, 4.69) is 15.6 Å². The van der Waals surface area contributed by atoms with E-state index < -0.39 is 53.0 Å². The van der Waals surface area contributed by atoms with Crippen molar-refractivity contribution in [3.05, 3.63) is 53.4 Å². The highest BCUT2D eigenvalue weighted by molar-refractivity contribution is 5.95. The summed E-state index contributed by atoms with van der Waals surface area (Å²) in [6.07, 6.45) is -5.12. The Morgan fingerprint density at radius 1 is 1.25 bits per heavy atom. The fraction of sp³-hybridized carbons (Fsp3) is 0.500. The molecule has 1 aliphatic rings. The summed E-state index contributed by atoms with van der Waals surface area (Å²) in [4.78, 5) is 17.6. The molecule has 1 aromatic heterocycles. The van der Waals surface area contributed by atoms with Crippen molar-refractivity contribution in [1.29, 1.82) is 0 Å². The predicted octanol–water partition coefficient (Wildman–Crippen LogP) is 4.35. The molecule has 198 valence electrons. The number of hydrogen-bond acceptors (Lipinski definition) is 6. The highest BCUT2D eigenvalue weighted by Crippen LogP contribution is 2.55. The van der Waals surface area contributed by atoms with E-state index in [1.165, 1.54) is 26.3 Å². The van der Waals surface area contributed by atoms with Gasteiger partial charge in [0.1, 0.15) is 6.10 Å². The average molecular weight is 517 g/mol. The maximum Gasteiger partial charge on any atom is 0.417 e. The van der Waals surface area contributed by atoms with E-state index in [9.17, 15) is 26.7 Å². The van der Waals surface area contributed by atoms with E-state index in [-0.39, 0.29) is 23.9 Å². The first-order valence-electron chi connectivity index (χ1n) is 11.1. The Kier molecular flexibility index (Phi) is 8.21. The molecule has 0 spiro atoms. The summed E-state index contributed by atoms with van der Waals surface area (Å²) in [6.45, 7) is 2.36. The second-order valence-electron chi connectivity index (χ2n) is 8.70. The van der Waals surface area contributed by atoms with Gasteiger partial charge in [0.2, 0.25) is 5.82 Å². The molecule has 7 nitrogen and oxygen atoms in total. The largest absolute Gasteiger partial charge is 0.493 e. The second kappa shape index (κ2) is 10.7. The molecule has 1 fully saturated rings. The van der Waals surface area contributed by atoms with Crippen LogP contribution in [0.2, 0.25) is 0 Å². The van der Waals surface area contributed by atoms with Gasteiger partial charge in [0, 0.05) is 36.4 Å². The minimum atomic E-state index is -4.85. The number of amides is 1. The SMILES string of the molecule is CN[C@@H](COC)c1cc(NC(=O)[C@@H]2O[C@@](C)(C(F)(F)F)[C@@H](C)[C@H]2c2ccc(F)c(F)c2OC)ccn1. The lowest BCUT2D eigenvalue weighted by molar-refractivity contribution is -0.272. The van der Waals surface area contributed by atoms with Gasteiger partial charge in [-0.25, -0.2) is 4.39 Å². The number of nitrogens with zero attached hydrogens (tertiary/aromatic N) is 1. The normalized spacial score (nSPS) is 25.0. The van der Waals surface area contributed by atoms with Crippen LogP contribution in [-0.2, 0) is 14.3 Å². The Labute approximate surface area is 205 Å². The number of hydrogen-bond donors (Lipinski definition) is 2. The van der Waals surface area contributed by atoms with Gasteiger partial charge in [-0.1, -0.05) is 13.0 Å². The minimum Gasteiger partial charge on any atom is -0.493 e. The Morgan fingerprint density at radius 3 is 2.53 bits per heavy atom. The summed E-state index contributed by atoms with van der Waals surface area (Å²) in [5.41, 5.74) is -2.07. The fourth-order valence-corrected chi connectivity index (χ4v) is 4.45. The van der Waals surface area contributed by atoms with Crippen LogP contribution in [0.25, 0.3) is 0 Å². The van der Waals surface area contributed by atoms with Gasteiger partial charge in [-0.3, -0.25) is 9.78 Å². The number of aromatic nitrogens is 1. The molecule has 36 heavy (non-hydrogen) atoms. The predicted molar refractivity (Wildman–Crippen MR) is 121 cm³/mol. The molecular formula is C24H28F5N3O4. The van der Waals surface area contributed by atoms with Crippen LogP contribution < -0.4 is 15.4 Å². The zero-order chi connectivity index (χ0) is 26.8. The zero-order valence-electron chi connectivity index (χ0n) is 20.4. The van der Waals surface area contributed by atoms with Crippen molar-refractivity contribution in [3.63, 3.8) is 0 Å². The van der Waals surface area contributed by atoms with Crippen LogP contribution in [-0.4, -0.2) is 56.6 Å². The van der Waals surface area contributed by atoms with Gasteiger partial charge in [-0.2, -0.15) is 17.6 Å². The minimum absolute atomic E-state index is 0.109. The van der Waals surface area contributed by atoms with Gasteiger partial charge >= 0.3 is 6.18 Å². The maximum absolute atomic E-state index is 14.5. The molecule has 1 aromatic carbocycles. The van der Waals surface area contributed by atoms with E-state index >= 15 is 0 Å². The number of nitrogens with one attached hydrogen (secondary N) is 2. The number of benzene rings is 1. The number of pyridine rings is 1. The first-order chi connectivity index (χ1) is 16.9. The molecule has 0 aliphatic carbocycles. The number of halogens is 5. The highest BCUT2D eigenvalue weighted by Gasteiger charge is 2.65. The third-order valence-electron chi connectivity index (χ3n) is 6.66. The van der Waals surface area contributed by atoms with E-state index in [0.717, 1.165) is 26.2 Å². The third-order valence-corrected chi connectivity index (χ3v) is 6.66. The zero-order valence-corrected chi connectivity index (χ0v) is 20.4. The smallest absolute Gasteiger partial charge is 0.417 e.